The molecular formula is C27H46O7. The average Bonchev–Trinajstić information content (AvgIpc) is 3.53. The molecule has 34 heavy (non-hydrogen) atoms. The Morgan fingerprint density at radius 2 is 1.76 bits per heavy atom. The molecule has 2 saturated heterocycles. The molecule has 1 spiro atoms. The van der Waals surface area contributed by atoms with Crippen molar-refractivity contribution in [2.75, 3.05) is 6.61 Å². The lowest BCUT2D eigenvalue weighted by atomic mass is 9.46. The maximum Gasteiger partial charge on any atom is 0.157 e. The van der Waals surface area contributed by atoms with Crippen LogP contribution in [0.3, 0.4) is 0 Å². The van der Waals surface area contributed by atoms with Gasteiger partial charge in [-0.25, -0.2) is 0 Å². The van der Waals surface area contributed by atoms with Crippen LogP contribution in [0.4, 0.5) is 0 Å². The number of rotatable bonds is 8. The zero-order chi connectivity index (χ0) is 24.5. The standard InChI is InChI=1S/C27H46O7/c1-15(10-20(28)23-26(34-23)12-18-14-32-21(18)11-22(26)29)19-13-27(31,25(19,3)4)16(2)33-24(30)17-8-6-5-7-9-17/h15-24,28-31H,5-14H2,1-4H3/t15-,16-,18?,19?,20?,21?,22?,23?,24?,26?,27?/m1/s1. The van der Waals surface area contributed by atoms with E-state index in [1.165, 1.54) is 6.42 Å². The molecule has 3 aliphatic carbocycles. The van der Waals surface area contributed by atoms with Gasteiger partial charge in [-0.15, -0.1) is 0 Å². The molecule has 2 aliphatic heterocycles. The predicted octanol–water partition coefficient (Wildman–Crippen LogP) is 2.76. The Kier molecular flexibility index (Phi) is 6.66. The van der Waals surface area contributed by atoms with Crippen molar-refractivity contribution in [2.45, 2.75) is 133 Å². The first-order valence-corrected chi connectivity index (χ1v) is 13.7. The monoisotopic (exact) mass is 482 g/mol. The van der Waals surface area contributed by atoms with E-state index in [9.17, 15) is 20.4 Å². The first-order chi connectivity index (χ1) is 16.0. The van der Waals surface area contributed by atoms with Gasteiger partial charge < -0.3 is 34.6 Å². The number of ether oxygens (including phenoxy) is 3. The largest absolute Gasteiger partial charge is 0.390 e. The van der Waals surface area contributed by atoms with Gasteiger partial charge in [-0.1, -0.05) is 40.0 Å². The second-order valence-electron chi connectivity index (χ2n) is 12.9. The van der Waals surface area contributed by atoms with Crippen LogP contribution in [0.2, 0.25) is 0 Å². The first kappa shape index (κ1) is 25.4. The highest BCUT2D eigenvalue weighted by molar-refractivity contribution is 5.17. The maximum absolute atomic E-state index is 11.6. The molecule has 196 valence electrons. The van der Waals surface area contributed by atoms with Gasteiger partial charge in [0.05, 0.1) is 36.6 Å². The molecule has 2 heterocycles. The Morgan fingerprint density at radius 1 is 1.06 bits per heavy atom. The molecule has 7 nitrogen and oxygen atoms in total. The summed E-state index contributed by atoms with van der Waals surface area (Å²) in [5, 5.41) is 43.8. The summed E-state index contributed by atoms with van der Waals surface area (Å²) in [4.78, 5) is 0. The van der Waals surface area contributed by atoms with E-state index in [4.69, 9.17) is 14.2 Å². The number of hydrogen-bond acceptors (Lipinski definition) is 7. The van der Waals surface area contributed by atoms with E-state index < -0.39 is 41.2 Å². The summed E-state index contributed by atoms with van der Waals surface area (Å²) in [6.45, 7) is 8.90. The van der Waals surface area contributed by atoms with E-state index in [2.05, 4.69) is 20.8 Å². The summed E-state index contributed by atoms with van der Waals surface area (Å²) in [5.41, 5.74) is -2.01. The number of aliphatic hydroxyl groups excluding tert-OH is 3. The Bertz CT molecular complexity index is 738. The topological polar surface area (TPSA) is 112 Å². The lowest BCUT2D eigenvalue weighted by molar-refractivity contribution is -0.295. The highest BCUT2D eigenvalue weighted by atomic mass is 16.6. The lowest BCUT2D eigenvalue weighted by Crippen LogP contribution is -2.68. The molecule has 3 saturated carbocycles. The zero-order valence-corrected chi connectivity index (χ0v) is 21.4. The van der Waals surface area contributed by atoms with E-state index >= 15 is 0 Å². The third-order valence-electron chi connectivity index (χ3n) is 10.7. The van der Waals surface area contributed by atoms with Crippen LogP contribution in [-0.4, -0.2) is 75.0 Å². The number of fused-ring (bicyclic) bond motifs is 1. The summed E-state index contributed by atoms with van der Waals surface area (Å²) in [5.74, 6) is 1.00. The highest BCUT2D eigenvalue weighted by Gasteiger charge is 2.69. The van der Waals surface area contributed by atoms with Crippen molar-refractivity contribution < 1.29 is 34.6 Å². The summed E-state index contributed by atoms with van der Waals surface area (Å²) in [6.07, 6.45) is 5.33. The second kappa shape index (κ2) is 8.93. The number of epoxide rings is 1. The Hall–Kier alpha value is -0.280. The van der Waals surface area contributed by atoms with Crippen molar-refractivity contribution >= 4 is 0 Å². The molecule has 0 aromatic heterocycles. The molecule has 5 fully saturated rings. The van der Waals surface area contributed by atoms with Gasteiger partial charge in [0.25, 0.3) is 0 Å². The van der Waals surface area contributed by atoms with Crippen molar-refractivity contribution in [2.24, 2.45) is 29.1 Å². The average molecular weight is 483 g/mol. The Balaban J connectivity index is 1.14. The van der Waals surface area contributed by atoms with Crippen LogP contribution in [0.25, 0.3) is 0 Å². The van der Waals surface area contributed by atoms with Crippen LogP contribution in [0.1, 0.15) is 85.5 Å². The molecule has 0 bridgehead atoms. The molecule has 11 atom stereocenters. The third-order valence-corrected chi connectivity index (χ3v) is 10.7. The maximum atomic E-state index is 11.6. The summed E-state index contributed by atoms with van der Waals surface area (Å²) >= 11 is 0. The number of aliphatic hydroxyl groups is 4. The SMILES string of the molecule is C[C@H](CC(O)C1OC12CC1COC1CC2O)C1CC(O)([C@@H](C)OC(O)C2CCCCC2)C1(C)C. The van der Waals surface area contributed by atoms with E-state index in [0.717, 1.165) is 38.7 Å². The highest BCUT2D eigenvalue weighted by Crippen LogP contribution is 2.61. The van der Waals surface area contributed by atoms with Gasteiger partial charge in [-0.05, 0) is 56.3 Å². The van der Waals surface area contributed by atoms with Gasteiger partial charge in [-0.3, -0.25) is 0 Å². The van der Waals surface area contributed by atoms with Gasteiger partial charge in [-0.2, -0.15) is 0 Å². The Morgan fingerprint density at radius 3 is 2.38 bits per heavy atom. The summed E-state index contributed by atoms with van der Waals surface area (Å²) in [7, 11) is 0. The van der Waals surface area contributed by atoms with Crippen molar-refractivity contribution in [3.63, 3.8) is 0 Å². The van der Waals surface area contributed by atoms with Crippen LogP contribution >= 0.6 is 0 Å². The fourth-order valence-electron chi connectivity index (χ4n) is 7.99. The molecule has 5 aliphatic rings. The van der Waals surface area contributed by atoms with E-state index in [-0.39, 0.29) is 30.0 Å². The molecule has 0 amide bonds. The Labute approximate surface area is 204 Å². The third kappa shape index (κ3) is 3.98. The van der Waals surface area contributed by atoms with Crippen molar-refractivity contribution in [1.82, 2.24) is 0 Å². The molecular weight excluding hydrogens is 436 g/mol. The summed E-state index contributed by atoms with van der Waals surface area (Å²) in [6, 6.07) is 0. The van der Waals surface area contributed by atoms with Gasteiger partial charge >= 0.3 is 0 Å². The van der Waals surface area contributed by atoms with Crippen molar-refractivity contribution in [3.8, 4) is 0 Å². The molecule has 7 heteroatoms. The normalized spacial score (nSPS) is 47.1. The van der Waals surface area contributed by atoms with Gasteiger partial charge in [0.1, 0.15) is 11.7 Å². The second-order valence-corrected chi connectivity index (χ2v) is 12.9. The van der Waals surface area contributed by atoms with Crippen molar-refractivity contribution in [3.05, 3.63) is 0 Å². The van der Waals surface area contributed by atoms with E-state index in [0.29, 0.717) is 25.2 Å². The predicted molar refractivity (Wildman–Crippen MR) is 126 cm³/mol. The minimum absolute atomic E-state index is 0.149. The van der Waals surface area contributed by atoms with Crippen LogP contribution in [-0.2, 0) is 14.2 Å². The lowest BCUT2D eigenvalue weighted by Gasteiger charge is -2.63. The van der Waals surface area contributed by atoms with E-state index in [1.807, 2.05) is 6.92 Å². The molecule has 0 radical (unpaired) electrons. The zero-order valence-electron chi connectivity index (χ0n) is 21.4. The van der Waals surface area contributed by atoms with Crippen LogP contribution in [0.15, 0.2) is 0 Å². The number of hydrogen-bond donors (Lipinski definition) is 4. The van der Waals surface area contributed by atoms with E-state index in [1.54, 1.807) is 0 Å². The van der Waals surface area contributed by atoms with Crippen LogP contribution in [0, 0.1) is 29.1 Å². The minimum Gasteiger partial charge on any atom is -0.390 e. The smallest absolute Gasteiger partial charge is 0.157 e. The molecule has 5 rings (SSSR count). The van der Waals surface area contributed by atoms with Crippen LogP contribution in [0.5, 0.6) is 0 Å². The molecule has 0 aromatic carbocycles. The minimum atomic E-state index is -1.01. The molecule has 4 N–H and O–H groups in total. The fourth-order valence-corrected chi connectivity index (χ4v) is 7.99. The fraction of sp³-hybridized carbons (Fsp3) is 1.00. The van der Waals surface area contributed by atoms with Gasteiger partial charge in [0, 0.05) is 18.3 Å². The van der Waals surface area contributed by atoms with Crippen LogP contribution < -0.4 is 0 Å². The van der Waals surface area contributed by atoms with Gasteiger partial charge in [0.15, 0.2) is 6.29 Å². The van der Waals surface area contributed by atoms with Gasteiger partial charge in [0.2, 0.25) is 0 Å². The summed E-state index contributed by atoms with van der Waals surface area (Å²) < 4.78 is 17.5. The first-order valence-electron chi connectivity index (χ1n) is 13.7. The van der Waals surface area contributed by atoms with Crippen molar-refractivity contribution in [1.29, 1.82) is 0 Å². The quantitative estimate of drug-likeness (QED) is 0.311. The molecule has 9 unspecified atom stereocenters. The molecule has 0 aromatic rings.